The van der Waals surface area contributed by atoms with Crippen LogP contribution in [0, 0.1) is 13.8 Å². The molecule has 0 saturated carbocycles. The third-order valence-corrected chi connectivity index (χ3v) is 5.72. The lowest BCUT2D eigenvalue weighted by atomic mass is 9.89. The topological polar surface area (TPSA) is 75.4 Å². The molecule has 1 aliphatic heterocycles. The second-order valence-electron chi connectivity index (χ2n) is 7.40. The zero-order chi connectivity index (χ0) is 18.5. The Morgan fingerprint density at radius 1 is 1.23 bits per heavy atom. The van der Waals surface area contributed by atoms with Gasteiger partial charge in [-0.15, -0.1) is 0 Å². The highest BCUT2D eigenvalue weighted by Crippen LogP contribution is 2.32. The molecular weight excluding hydrogens is 330 g/mol. The molecule has 1 atom stereocenters. The van der Waals surface area contributed by atoms with Gasteiger partial charge in [0.2, 0.25) is 0 Å². The number of rotatable bonds is 4. The predicted molar refractivity (Wildman–Crippen MR) is 95.7 cm³/mol. The van der Waals surface area contributed by atoms with E-state index in [1.807, 2.05) is 19.9 Å². The van der Waals surface area contributed by atoms with E-state index in [2.05, 4.69) is 22.6 Å². The highest BCUT2D eigenvalue weighted by molar-refractivity contribution is 6.07. The Bertz CT molecular complexity index is 882. The molecule has 3 amide bonds. The minimum atomic E-state index is -1.01. The van der Waals surface area contributed by atoms with Crippen LogP contribution in [0.25, 0.3) is 0 Å². The van der Waals surface area contributed by atoms with E-state index in [0.29, 0.717) is 13.0 Å². The monoisotopic (exact) mass is 353 g/mol. The summed E-state index contributed by atoms with van der Waals surface area (Å²) in [4.78, 5) is 26.9. The van der Waals surface area contributed by atoms with E-state index in [-0.39, 0.29) is 11.9 Å². The number of nitrogens with zero attached hydrogens (tertiary/aromatic N) is 2. The van der Waals surface area contributed by atoms with Crippen LogP contribution in [0.2, 0.25) is 0 Å². The molecule has 4 rings (SSSR count). The molecule has 136 valence electrons. The molecule has 0 radical (unpaired) electrons. The quantitative estimate of drug-likeness (QED) is 0.858. The van der Waals surface area contributed by atoms with Crippen LogP contribution in [0.3, 0.4) is 0 Å². The Labute approximate surface area is 152 Å². The Morgan fingerprint density at radius 2 is 2.00 bits per heavy atom. The first-order valence-corrected chi connectivity index (χ1v) is 9.08. The molecule has 26 heavy (non-hydrogen) atoms. The molecule has 1 fully saturated rings. The smallest absolute Gasteiger partial charge is 0.325 e. The lowest BCUT2D eigenvalue weighted by Gasteiger charge is -2.23. The third kappa shape index (κ3) is 2.52. The second kappa shape index (κ2) is 5.97. The number of urea groups is 1. The fourth-order valence-corrected chi connectivity index (χ4v) is 4.06. The molecule has 1 aromatic heterocycles. The number of nitrogens with one attached hydrogen (secondary N) is 1. The van der Waals surface area contributed by atoms with Crippen molar-refractivity contribution in [3.8, 4) is 0 Å². The maximum absolute atomic E-state index is 13.1. The van der Waals surface area contributed by atoms with Crippen molar-refractivity contribution in [2.24, 2.45) is 0 Å². The van der Waals surface area contributed by atoms with Crippen LogP contribution < -0.4 is 5.32 Å². The molecule has 2 aliphatic rings. The first-order chi connectivity index (χ1) is 12.4. The van der Waals surface area contributed by atoms with Crippen LogP contribution in [-0.4, -0.2) is 28.5 Å². The van der Waals surface area contributed by atoms with Crippen LogP contribution in [0.15, 0.2) is 22.7 Å². The van der Waals surface area contributed by atoms with Crippen molar-refractivity contribution in [3.05, 3.63) is 51.9 Å². The normalized spacial score (nSPS) is 22.0. The zero-order valence-electron chi connectivity index (χ0n) is 15.4. The Balaban J connectivity index is 1.56. The number of carbonyl (C=O) groups excluding carboxylic acids is 2. The van der Waals surface area contributed by atoms with Crippen molar-refractivity contribution in [3.63, 3.8) is 0 Å². The summed E-state index contributed by atoms with van der Waals surface area (Å²) < 4.78 is 5.16. The summed E-state index contributed by atoms with van der Waals surface area (Å²) in [5, 5.41) is 6.83. The highest BCUT2D eigenvalue weighted by atomic mass is 16.5. The molecule has 1 unspecified atom stereocenters. The number of aryl methyl sites for hydroxylation is 4. The Hall–Kier alpha value is -2.63. The van der Waals surface area contributed by atoms with Crippen molar-refractivity contribution < 1.29 is 14.1 Å². The molecular formula is C20H23N3O3. The molecule has 1 N–H and O–H groups in total. The number of fused-ring (bicyclic) bond motifs is 1. The average Bonchev–Trinajstić information content (AvgIpc) is 3.26. The standard InChI is InChI=1S/C20H23N3O3/c1-12-17(13(2)26-22-12)9-10-23-18(24)20(3,21-19(23)25)16-8-7-14-5-4-6-15(14)11-16/h7-8,11H,4-6,9-10H2,1-3H3,(H,21,25). The van der Waals surface area contributed by atoms with Gasteiger partial charge in [-0.1, -0.05) is 23.4 Å². The summed E-state index contributed by atoms with van der Waals surface area (Å²) in [6, 6.07) is 5.80. The maximum Gasteiger partial charge on any atom is 0.325 e. The van der Waals surface area contributed by atoms with Crippen molar-refractivity contribution in [1.29, 1.82) is 0 Å². The van der Waals surface area contributed by atoms with Gasteiger partial charge in [0.1, 0.15) is 11.3 Å². The highest BCUT2D eigenvalue weighted by Gasteiger charge is 2.49. The molecule has 1 aromatic carbocycles. The number of hydrogen-bond donors (Lipinski definition) is 1. The summed E-state index contributed by atoms with van der Waals surface area (Å²) in [5.41, 5.74) is 4.25. The SMILES string of the molecule is Cc1noc(C)c1CCN1C(=O)NC(C)(c2ccc3c(c2)CCC3)C1=O. The molecule has 0 bridgehead atoms. The molecule has 1 saturated heterocycles. The molecule has 2 heterocycles. The number of imide groups is 1. The minimum absolute atomic E-state index is 0.202. The lowest BCUT2D eigenvalue weighted by molar-refractivity contribution is -0.131. The van der Waals surface area contributed by atoms with Crippen molar-refractivity contribution in [2.45, 2.75) is 52.0 Å². The second-order valence-corrected chi connectivity index (χ2v) is 7.40. The molecule has 6 heteroatoms. The van der Waals surface area contributed by atoms with E-state index >= 15 is 0 Å². The first kappa shape index (κ1) is 16.8. The van der Waals surface area contributed by atoms with Crippen LogP contribution in [0.4, 0.5) is 4.79 Å². The van der Waals surface area contributed by atoms with E-state index in [1.54, 1.807) is 6.92 Å². The van der Waals surface area contributed by atoms with Crippen LogP contribution >= 0.6 is 0 Å². The molecule has 2 aromatic rings. The van der Waals surface area contributed by atoms with Crippen LogP contribution in [0.1, 0.15) is 47.1 Å². The molecule has 1 aliphatic carbocycles. The summed E-state index contributed by atoms with van der Waals surface area (Å²) in [6.45, 7) is 5.82. The van der Waals surface area contributed by atoms with Crippen molar-refractivity contribution >= 4 is 11.9 Å². The Morgan fingerprint density at radius 3 is 2.73 bits per heavy atom. The van der Waals surface area contributed by atoms with E-state index in [0.717, 1.165) is 41.8 Å². The number of carbonyl (C=O) groups is 2. The van der Waals surface area contributed by atoms with E-state index in [9.17, 15) is 9.59 Å². The lowest BCUT2D eigenvalue weighted by Crippen LogP contribution is -2.41. The number of aromatic nitrogens is 1. The van der Waals surface area contributed by atoms with Crippen molar-refractivity contribution in [2.75, 3.05) is 6.54 Å². The average molecular weight is 353 g/mol. The van der Waals surface area contributed by atoms with E-state index in [1.165, 1.54) is 16.0 Å². The van der Waals surface area contributed by atoms with Gasteiger partial charge < -0.3 is 9.84 Å². The molecule has 6 nitrogen and oxygen atoms in total. The number of benzene rings is 1. The number of hydrogen-bond acceptors (Lipinski definition) is 4. The van der Waals surface area contributed by atoms with Gasteiger partial charge in [-0.3, -0.25) is 9.69 Å². The van der Waals surface area contributed by atoms with E-state index < -0.39 is 5.54 Å². The summed E-state index contributed by atoms with van der Waals surface area (Å²) in [6.07, 6.45) is 3.83. The van der Waals surface area contributed by atoms with Gasteiger partial charge >= 0.3 is 6.03 Å². The van der Waals surface area contributed by atoms with Gasteiger partial charge in [0.05, 0.1) is 5.69 Å². The first-order valence-electron chi connectivity index (χ1n) is 9.08. The fourth-order valence-electron chi connectivity index (χ4n) is 4.06. The summed E-state index contributed by atoms with van der Waals surface area (Å²) in [7, 11) is 0. The van der Waals surface area contributed by atoms with Gasteiger partial charge in [0.25, 0.3) is 5.91 Å². The Kier molecular flexibility index (Phi) is 3.86. The van der Waals surface area contributed by atoms with Gasteiger partial charge in [-0.05, 0) is 63.1 Å². The van der Waals surface area contributed by atoms with Gasteiger partial charge in [-0.25, -0.2) is 4.79 Å². The fraction of sp³-hybridized carbons (Fsp3) is 0.450. The maximum atomic E-state index is 13.1. The summed E-state index contributed by atoms with van der Waals surface area (Å²) in [5.74, 6) is 0.531. The van der Waals surface area contributed by atoms with Gasteiger partial charge in [0.15, 0.2) is 0 Å². The van der Waals surface area contributed by atoms with Crippen LogP contribution in [0.5, 0.6) is 0 Å². The molecule has 0 spiro atoms. The number of amides is 3. The predicted octanol–water partition coefficient (Wildman–Crippen LogP) is 2.79. The third-order valence-electron chi connectivity index (χ3n) is 5.72. The van der Waals surface area contributed by atoms with Gasteiger partial charge in [0, 0.05) is 12.1 Å². The van der Waals surface area contributed by atoms with Crippen molar-refractivity contribution in [1.82, 2.24) is 15.4 Å². The van der Waals surface area contributed by atoms with Gasteiger partial charge in [-0.2, -0.15) is 0 Å². The minimum Gasteiger partial charge on any atom is -0.361 e. The summed E-state index contributed by atoms with van der Waals surface area (Å²) >= 11 is 0. The van der Waals surface area contributed by atoms with E-state index in [4.69, 9.17) is 4.52 Å². The largest absolute Gasteiger partial charge is 0.361 e. The van der Waals surface area contributed by atoms with Crippen LogP contribution in [-0.2, 0) is 29.6 Å². The zero-order valence-corrected chi connectivity index (χ0v) is 15.4.